The largest absolute Gasteiger partial charge is 0.380 e. The van der Waals surface area contributed by atoms with Gasteiger partial charge in [-0.3, -0.25) is 9.88 Å². The lowest BCUT2D eigenvalue weighted by molar-refractivity contribution is 0.125. The Bertz CT molecular complexity index is 576. The molecule has 0 spiro atoms. The fourth-order valence-corrected chi connectivity index (χ4v) is 4.35. The van der Waals surface area contributed by atoms with Crippen LogP contribution in [0.3, 0.4) is 0 Å². The minimum absolute atomic E-state index is 0.0671. The topological polar surface area (TPSA) is 57.7 Å². The Labute approximate surface area is 143 Å². The van der Waals surface area contributed by atoms with Crippen LogP contribution < -0.4 is 5.32 Å². The van der Waals surface area contributed by atoms with E-state index in [0.29, 0.717) is 5.92 Å². The number of ether oxygens (including phenoxy) is 1. The molecule has 3 saturated heterocycles. The van der Waals surface area contributed by atoms with E-state index in [2.05, 4.69) is 21.3 Å². The summed E-state index contributed by atoms with van der Waals surface area (Å²) < 4.78 is 5.77. The lowest BCUT2D eigenvalue weighted by atomic mass is 9.81. The van der Waals surface area contributed by atoms with Gasteiger partial charge in [-0.15, -0.1) is 0 Å². The number of rotatable bonds is 4. The van der Waals surface area contributed by atoms with Crippen LogP contribution in [0.15, 0.2) is 24.5 Å². The van der Waals surface area contributed by atoms with Crippen LogP contribution in [0.1, 0.15) is 18.4 Å². The summed E-state index contributed by atoms with van der Waals surface area (Å²) in [5.74, 6) is 0.507. The maximum absolute atomic E-state index is 12.3. The second-order valence-corrected chi connectivity index (χ2v) is 7.46. The molecule has 24 heavy (non-hydrogen) atoms. The van der Waals surface area contributed by atoms with Gasteiger partial charge in [-0.1, -0.05) is 6.07 Å². The molecule has 1 aromatic rings. The molecule has 0 bridgehead atoms. The highest BCUT2D eigenvalue weighted by molar-refractivity contribution is 5.74. The van der Waals surface area contributed by atoms with Crippen molar-refractivity contribution in [2.24, 2.45) is 11.3 Å². The van der Waals surface area contributed by atoms with Crippen LogP contribution in [0.2, 0.25) is 0 Å². The van der Waals surface area contributed by atoms with Crippen molar-refractivity contribution < 1.29 is 9.53 Å². The normalized spacial score (nSPS) is 29.8. The number of likely N-dealkylation sites (tertiary alicyclic amines) is 2. The van der Waals surface area contributed by atoms with Crippen LogP contribution in [0.25, 0.3) is 0 Å². The standard InChI is InChI=1S/C18H26N4O2/c23-17(22-6-1-2-7-22)20-12-18-13-21(10-16(18)11-24-14-18)9-15-4-3-5-19-8-15/h3-5,8,16H,1-2,6-7,9-14H2,(H,20,23)/t16-,18+/m0/s1. The smallest absolute Gasteiger partial charge is 0.317 e. The van der Waals surface area contributed by atoms with Gasteiger partial charge in [0.05, 0.1) is 13.2 Å². The first kappa shape index (κ1) is 15.8. The van der Waals surface area contributed by atoms with E-state index in [4.69, 9.17) is 4.74 Å². The van der Waals surface area contributed by atoms with E-state index in [9.17, 15) is 4.79 Å². The summed E-state index contributed by atoms with van der Waals surface area (Å²) in [6, 6.07) is 4.21. The average molecular weight is 330 g/mol. The summed E-state index contributed by atoms with van der Waals surface area (Å²) in [7, 11) is 0. The van der Waals surface area contributed by atoms with Crippen molar-refractivity contribution in [2.45, 2.75) is 19.4 Å². The van der Waals surface area contributed by atoms with Gasteiger partial charge in [0.15, 0.2) is 0 Å². The zero-order valence-electron chi connectivity index (χ0n) is 14.1. The predicted octanol–water partition coefficient (Wildman–Crippen LogP) is 1.34. The quantitative estimate of drug-likeness (QED) is 0.905. The first-order valence-corrected chi connectivity index (χ1v) is 8.97. The fourth-order valence-electron chi connectivity index (χ4n) is 4.35. The van der Waals surface area contributed by atoms with E-state index < -0.39 is 0 Å². The molecule has 1 aromatic heterocycles. The third-order valence-corrected chi connectivity index (χ3v) is 5.71. The van der Waals surface area contributed by atoms with E-state index in [0.717, 1.165) is 65.3 Å². The molecular weight excluding hydrogens is 304 g/mol. The van der Waals surface area contributed by atoms with E-state index >= 15 is 0 Å². The van der Waals surface area contributed by atoms with Crippen molar-refractivity contribution in [1.29, 1.82) is 0 Å². The minimum atomic E-state index is 0.0671. The van der Waals surface area contributed by atoms with Crippen molar-refractivity contribution in [2.75, 3.05) is 45.9 Å². The van der Waals surface area contributed by atoms with Gasteiger partial charge < -0.3 is 15.0 Å². The molecule has 6 heteroatoms. The Hall–Kier alpha value is -1.66. The number of urea groups is 1. The number of fused-ring (bicyclic) bond motifs is 1. The summed E-state index contributed by atoms with van der Waals surface area (Å²) in [6.45, 7) is 7.01. The number of nitrogens with zero attached hydrogens (tertiary/aromatic N) is 3. The van der Waals surface area contributed by atoms with Gasteiger partial charge in [-0.05, 0) is 24.5 Å². The van der Waals surface area contributed by atoms with Crippen molar-refractivity contribution in [3.8, 4) is 0 Å². The highest BCUT2D eigenvalue weighted by Crippen LogP contribution is 2.41. The average Bonchev–Trinajstić information content (AvgIpc) is 3.29. The highest BCUT2D eigenvalue weighted by Gasteiger charge is 2.50. The maximum atomic E-state index is 12.3. The van der Waals surface area contributed by atoms with Crippen LogP contribution in [-0.4, -0.2) is 66.8 Å². The van der Waals surface area contributed by atoms with E-state index in [1.165, 1.54) is 5.56 Å². The molecule has 3 aliphatic rings. The van der Waals surface area contributed by atoms with Crippen LogP contribution in [0.4, 0.5) is 4.79 Å². The monoisotopic (exact) mass is 330 g/mol. The second kappa shape index (κ2) is 6.69. The van der Waals surface area contributed by atoms with Gasteiger partial charge in [0.2, 0.25) is 0 Å². The summed E-state index contributed by atoms with van der Waals surface area (Å²) in [5, 5.41) is 3.18. The van der Waals surface area contributed by atoms with Gasteiger partial charge in [0.1, 0.15) is 0 Å². The number of carbonyl (C=O) groups excluding carboxylic acids is 1. The zero-order chi connectivity index (χ0) is 16.4. The SMILES string of the molecule is O=C(NC[C@@]12COC[C@@H]1CN(Cc1cccnc1)C2)N1CCCC1. The second-order valence-electron chi connectivity index (χ2n) is 7.46. The molecule has 4 heterocycles. The Morgan fingerprint density at radius 2 is 2.29 bits per heavy atom. The van der Waals surface area contributed by atoms with Gasteiger partial charge >= 0.3 is 6.03 Å². The molecule has 6 nitrogen and oxygen atoms in total. The predicted molar refractivity (Wildman–Crippen MR) is 90.5 cm³/mol. The fraction of sp³-hybridized carbons (Fsp3) is 0.667. The Morgan fingerprint density at radius 1 is 1.42 bits per heavy atom. The molecule has 3 aliphatic heterocycles. The van der Waals surface area contributed by atoms with Crippen LogP contribution in [-0.2, 0) is 11.3 Å². The van der Waals surface area contributed by atoms with Crippen LogP contribution in [0.5, 0.6) is 0 Å². The molecule has 0 radical (unpaired) electrons. The van der Waals surface area contributed by atoms with E-state index in [1.54, 1.807) is 0 Å². The first-order valence-electron chi connectivity index (χ1n) is 8.97. The van der Waals surface area contributed by atoms with Crippen molar-refractivity contribution in [1.82, 2.24) is 20.1 Å². The zero-order valence-corrected chi connectivity index (χ0v) is 14.1. The Balaban J connectivity index is 1.36. The summed E-state index contributed by atoms with van der Waals surface area (Å²) in [5.41, 5.74) is 1.31. The lowest BCUT2D eigenvalue weighted by Gasteiger charge is -2.29. The third-order valence-electron chi connectivity index (χ3n) is 5.71. The van der Waals surface area contributed by atoms with Crippen LogP contribution >= 0.6 is 0 Å². The highest BCUT2D eigenvalue weighted by atomic mass is 16.5. The molecule has 130 valence electrons. The van der Waals surface area contributed by atoms with Crippen molar-refractivity contribution >= 4 is 6.03 Å². The van der Waals surface area contributed by atoms with E-state index in [-0.39, 0.29) is 11.4 Å². The van der Waals surface area contributed by atoms with Crippen molar-refractivity contribution in [3.63, 3.8) is 0 Å². The molecule has 4 rings (SSSR count). The summed E-state index contributed by atoms with van der Waals surface area (Å²) >= 11 is 0. The van der Waals surface area contributed by atoms with Gasteiger partial charge in [0, 0.05) is 63.0 Å². The van der Waals surface area contributed by atoms with E-state index in [1.807, 2.05) is 23.4 Å². The van der Waals surface area contributed by atoms with Gasteiger partial charge in [-0.2, -0.15) is 0 Å². The van der Waals surface area contributed by atoms with Gasteiger partial charge in [0.25, 0.3) is 0 Å². The molecule has 2 amide bonds. The number of carbonyl (C=O) groups is 1. The molecule has 0 unspecified atom stereocenters. The van der Waals surface area contributed by atoms with Crippen molar-refractivity contribution in [3.05, 3.63) is 30.1 Å². The molecule has 2 atom stereocenters. The summed E-state index contributed by atoms with van der Waals surface area (Å²) in [4.78, 5) is 20.9. The summed E-state index contributed by atoms with van der Waals surface area (Å²) in [6.07, 6.45) is 6.00. The number of amides is 2. The first-order chi connectivity index (χ1) is 11.8. The molecule has 0 aliphatic carbocycles. The molecule has 3 fully saturated rings. The maximum Gasteiger partial charge on any atom is 0.317 e. The Morgan fingerprint density at radius 3 is 3.08 bits per heavy atom. The minimum Gasteiger partial charge on any atom is -0.380 e. The third kappa shape index (κ3) is 3.13. The van der Waals surface area contributed by atoms with Crippen LogP contribution in [0, 0.1) is 11.3 Å². The number of hydrogen-bond donors (Lipinski definition) is 1. The molecule has 0 aromatic carbocycles. The number of hydrogen-bond acceptors (Lipinski definition) is 4. The molecular formula is C18H26N4O2. The Kier molecular flexibility index (Phi) is 4.41. The molecule has 0 saturated carbocycles. The van der Waals surface area contributed by atoms with Gasteiger partial charge in [-0.25, -0.2) is 4.79 Å². The number of aromatic nitrogens is 1. The molecule has 1 N–H and O–H groups in total. The lowest BCUT2D eigenvalue weighted by Crippen LogP contribution is -2.47. The number of pyridine rings is 1. The number of nitrogens with one attached hydrogen (secondary N) is 1.